The van der Waals surface area contributed by atoms with Gasteiger partial charge in [-0.3, -0.25) is 19.2 Å². The topological polar surface area (TPSA) is 165 Å². The molecule has 5 rings (SSSR count). The molecule has 4 fully saturated rings. The number of Topliss-reactive ketones (excluding diaryl/α,β-unsaturated/α-hetero) is 2. The van der Waals surface area contributed by atoms with Gasteiger partial charge in [0.1, 0.15) is 18.2 Å². The zero-order chi connectivity index (χ0) is 34.3. The summed E-state index contributed by atoms with van der Waals surface area (Å²) in [5.41, 5.74) is 4.08. The van der Waals surface area contributed by atoms with Gasteiger partial charge in [0, 0.05) is 18.9 Å². The lowest BCUT2D eigenvalue weighted by molar-refractivity contribution is -0.152. The average molecular weight is 651 g/mol. The van der Waals surface area contributed by atoms with Crippen LogP contribution in [-0.2, 0) is 35.3 Å². The van der Waals surface area contributed by atoms with Gasteiger partial charge in [-0.25, -0.2) is 9.59 Å². The van der Waals surface area contributed by atoms with E-state index in [4.69, 9.17) is 10.5 Å². The van der Waals surface area contributed by atoms with E-state index in [0.29, 0.717) is 31.7 Å². The lowest BCUT2D eigenvalue weighted by atomic mass is 9.84. The van der Waals surface area contributed by atoms with E-state index >= 15 is 0 Å². The highest BCUT2D eigenvalue weighted by Gasteiger charge is 2.69. The Morgan fingerprint density at radius 2 is 1.66 bits per heavy atom. The number of hydrogen-bond acceptors (Lipinski definition) is 7. The lowest BCUT2D eigenvalue weighted by Gasteiger charge is -2.38. The second-order valence-corrected chi connectivity index (χ2v) is 15.9. The third-order valence-corrected chi connectivity index (χ3v) is 11.0. The summed E-state index contributed by atoms with van der Waals surface area (Å²) in [5.74, 6) is -3.40. The maximum Gasteiger partial charge on any atom is 0.332 e. The molecule has 4 amide bonds. The zero-order valence-electron chi connectivity index (χ0n) is 28.3. The van der Waals surface area contributed by atoms with Gasteiger partial charge < -0.3 is 26.0 Å². The van der Waals surface area contributed by atoms with Crippen molar-refractivity contribution in [1.29, 1.82) is 0 Å². The Balaban J connectivity index is 1.30. The molecule has 1 saturated heterocycles. The summed E-state index contributed by atoms with van der Waals surface area (Å²) in [5, 5.41) is 5.73. The number of benzene rings is 1. The molecule has 1 aliphatic heterocycles. The number of nitrogens with one attached hydrogen (secondary N) is 2. The van der Waals surface area contributed by atoms with E-state index in [1.165, 1.54) is 0 Å². The molecule has 4 aliphatic rings. The van der Waals surface area contributed by atoms with Gasteiger partial charge in [-0.05, 0) is 53.4 Å². The van der Waals surface area contributed by atoms with E-state index in [0.717, 1.165) is 31.2 Å². The number of rotatable bonds is 13. The van der Waals surface area contributed by atoms with Gasteiger partial charge in [-0.15, -0.1) is 0 Å². The monoisotopic (exact) mass is 650 g/mol. The van der Waals surface area contributed by atoms with Crippen LogP contribution < -0.4 is 16.4 Å². The number of hydrogen-bond donors (Lipinski definition) is 3. The van der Waals surface area contributed by atoms with Gasteiger partial charge in [0.2, 0.25) is 11.7 Å². The zero-order valence-corrected chi connectivity index (χ0v) is 28.3. The summed E-state index contributed by atoms with van der Waals surface area (Å²) >= 11 is 0. The highest BCUT2D eigenvalue weighted by Crippen LogP contribution is 2.65. The minimum atomic E-state index is -1.20. The number of nitrogens with two attached hydrogens (primary N) is 1. The Morgan fingerprint density at radius 1 is 1.02 bits per heavy atom. The van der Waals surface area contributed by atoms with Crippen LogP contribution in [0.1, 0.15) is 91.5 Å². The van der Waals surface area contributed by atoms with E-state index < -0.39 is 52.6 Å². The Hall–Kier alpha value is -3.76. The van der Waals surface area contributed by atoms with E-state index in [1.54, 1.807) is 4.90 Å². The summed E-state index contributed by atoms with van der Waals surface area (Å²) in [6.07, 6.45) is 4.55. The number of primary amides is 1. The van der Waals surface area contributed by atoms with E-state index in [-0.39, 0.29) is 42.0 Å². The number of carbonyl (C=O) groups excluding carboxylic acids is 6. The fourth-order valence-electron chi connectivity index (χ4n) is 7.91. The molecule has 0 spiro atoms. The van der Waals surface area contributed by atoms with Crippen LogP contribution in [-0.4, -0.2) is 64.4 Å². The quantitative estimate of drug-likeness (QED) is 0.217. The number of esters is 1. The Kier molecular flexibility index (Phi) is 9.59. The number of piperidine rings is 1. The van der Waals surface area contributed by atoms with Crippen LogP contribution >= 0.6 is 0 Å². The van der Waals surface area contributed by atoms with E-state index in [1.807, 2.05) is 51.1 Å². The molecule has 1 heterocycles. The minimum absolute atomic E-state index is 0.0835. The van der Waals surface area contributed by atoms with Crippen LogP contribution in [0.2, 0.25) is 0 Å². The predicted octanol–water partition coefficient (Wildman–Crippen LogP) is 3.67. The van der Waals surface area contributed by atoms with Crippen molar-refractivity contribution in [2.45, 2.75) is 110 Å². The van der Waals surface area contributed by atoms with Crippen LogP contribution in [0, 0.1) is 34.5 Å². The van der Waals surface area contributed by atoms with E-state index in [2.05, 4.69) is 24.5 Å². The van der Waals surface area contributed by atoms with Crippen molar-refractivity contribution >= 4 is 35.4 Å². The molecule has 0 bridgehead atoms. The molecule has 1 aromatic carbocycles. The molecular weight excluding hydrogens is 600 g/mol. The van der Waals surface area contributed by atoms with Gasteiger partial charge >= 0.3 is 12.0 Å². The van der Waals surface area contributed by atoms with Crippen molar-refractivity contribution in [3.63, 3.8) is 0 Å². The van der Waals surface area contributed by atoms with Crippen molar-refractivity contribution in [2.24, 2.45) is 40.2 Å². The molecule has 3 saturated carbocycles. The maximum atomic E-state index is 14.3. The molecule has 11 heteroatoms. The first-order valence-electron chi connectivity index (χ1n) is 17.0. The summed E-state index contributed by atoms with van der Waals surface area (Å²) in [7, 11) is 0. The number of ether oxygens (including phenoxy) is 1. The van der Waals surface area contributed by atoms with Crippen molar-refractivity contribution in [1.82, 2.24) is 15.5 Å². The summed E-state index contributed by atoms with van der Waals surface area (Å²) in [6, 6.07) is 6.89. The fourth-order valence-corrected chi connectivity index (χ4v) is 7.91. The Labute approximate surface area is 277 Å². The molecule has 1 aromatic rings. The van der Waals surface area contributed by atoms with Crippen LogP contribution in [0.15, 0.2) is 30.3 Å². The Morgan fingerprint density at radius 3 is 2.23 bits per heavy atom. The molecular formula is C36H50N4O7. The number of ketones is 2. The van der Waals surface area contributed by atoms with Gasteiger partial charge in [0.25, 0.3) is 5.91 Å². The van der Waals surface area contributed by atoms with Crippen molar-refractivity contribution in [3.05, 3.63) is 35.9 Å². The fraction of sp³-hybridized carbons (Fsp3) is 0.667. The van der Waals surface area contributed by atoms with Crippen LogP contribution in [0.3, 0.4) is 0 Å². The SMILES string of the molecule is CC(C)(C)[C@H](NC(=O)NC1(C(=O)OCc2ccccc2)CCCC1)C(=O)N1C[C@H]2[C@@H]([C@H]1C(=O)CC(CC1CC1)C(=O)C(N)=O)C2(C)C. The molecule has 1 unspecified atom stereocenters. The third-order valence-electron chi connectivity index (χ3n) is 11.0. The van der Waals surface area contributed by atoms with Crippen LogP contribution in [0.5, 0.6) is 0 Å². The second-order valence-electron chi connectivity index (χ2n) is 15.9. The minimum Gasteiger partial charge on any atom is -0.459 e. The second kappa shape index (κ2) is 13.0. The highest BCUT2D eigenvalue weighted by atomic mass is 16.5. The van der Waals surface area contributed by atoms with E-state index in [9.17, 15) is 28.8 Å². The molecule has 3 aliphatic carbocycles. The number of urea groups is 1. The summed E-state index contributed by atoms with van der Waals surface area (Å²) < 4.78 is 5.64. The number of likely N-dealkylation sites (tertiary alicyclic amines) is 1. The normalized spacial score (nSPS) is 25.2. The largest absolute Gasteiger partial charge is 0.459 e. The maximum absolute atomic E-state index is 14.3. The number of amides is 4. The van der Waals surface area contributed by atoms with Crippen molar-refractivity contribution in [3.8, 4) is 0 Å². The average Bonchev–Trinajstić information content (AvgIpc) is 3.75. The first-order chi connectivity index (χ1) is 22.0. The van der Waals surface area contributed by atoms with Gasteiger partial charge in [0.05, 0.1) is 6.04 Å². The first kappa shape index (κ1) is 34.6. The summed E-state index contributed by atoms with van der Waals surface area (Å²) in [4.78, 5) is 81.3. The predicted molar refractivity (Wildman–Crippen MR) is 173 cm³/mol. The lowest BCUT2D eigenvalue weighted by Crippen LogP contribution is -2.63. The summed E-state index contributed by atoms with van der Waals surface area (Å²) in [6.45, 7) is 10.1. The first-order valence-corrected chi connectivity index (χ1v) is 17.0. The molecule has 4 N–H and O–H groups in total. The van der Waals surface area contributed by atoms with Crippen molar-refractivity contribution in [2.75, 3.05) is 6.54 Å². The van der Waals surface area contributed by atoms with Gasteiger partial charge in [-0.2, -0.15) is 0 Å². The molecule has 47 heavy (non-hydrogen) atoms. The molecule has 11 nitrogen and oxygen atoms in total. The Bertz CT molecular complexity index is 1410. The van der Waals surface area contributed by atoms with Gasteiger partial charge in [-0.1, -0.05) is 90.6 Å². The standard InChI is InChI=1S/C36H50N4O7/c1-34(2,3)29(38-33(46)39-36(15-9-10-16-36)32(45)47-20-22-11-7-6-8-12-22)31(44)40-19-24-26(35(24,4)5)27(40)25(41)18-23(17-21-13-14-21)28(42)30(37)43/h6-8,11-12,21,23-24,26-27,29H,9-10,13-20H2,1-5H3,(H2,37,43)(H2,38,39,46)/t23?,24-,26-,27+,29+/m0/s1. The third kappa shape index (κ3) is 7.38. The number of fused-ring (bicyclic) bond motifs is 1. The number of nitrogens with zero attached hydrogens (tertiary/aromatic N) is 1. The highest BCUT2D eigenvalue weighted by molar-refractivity contribution is 6.36. The van der Waals surface area contributed by atoms with Gasteiger partial charge in [0.15, 0.2) is 5.78 Å². The smallest absolute Gasteiger partial charge is 0.332 e. The molecule has 256 valence electrons. The van der Waals surface area contributed by atoms with Crippen molar-refractivity contribution < 1.29 is 33.5 Å². The molecule has 5 atom stereocenters. The number of carbonyl (C=O) groups is 6. The molecule has 0 aromatic heterocycles. The van der Waals surface area contributed by atoms with Crippen LogP contribution in [0.4, 0.5) is 4.79 Å². The van der Waals surface area contributed by atoms with Crippen LogP contribution in [0.25, 0.3) is 0 Å². The molecule has 0 radical (unpaired) electrons.